The summed E-state index contributed by atoms with van der Waals surface area (Å²) >= 11 is 0. The zero-order chi connectivity index (χ0) is 9.26. The molecule has 0 saturated heterocycles. The van der Waals surface area contributed by atoms with E-state index in [0.29, 0.717) is 6.04 Å². The Balaban J connectivity index is 1.95. The van der Waals surface area contributed by atoms with Crippen LogP contribution < -0.4 is 0 Å². The largest absolute Gasteiger partial charge is 0.391 e. The minimum absolute atomic E-state index is 0.120. The monoisotopic (exact) mass is 182 g/mol. The standard InChI is InChI=1S/C10H18N2O/c1-11-6-7-12(8-11)9-4-2-3-5-10(9)13/h6-7,9-10,13H,2-5,8H2,1H3/t9-,10-/m0/s1. The number of hydrogen-bond acceptors (Lipinski definition) is 3. The number of nitrogens with zero attached hydrogens (tertiary/aromatic N) is 2. The van der Waals surface area contributed by atoms with Gasteiger partial charge in [-0.2, -0.15) is 0 Å². The van der Waals surface area contributed by atoms with Crippen molar-refractivity contribution in [3.8, 4) is 0 Å². The van der Waals surface area contributed by atoms with Crippen molar-refractivity contribution in [3.05, 3.63) is 12.4 Å². The molecule has 0 radical (unpaired) electrons. The minimum Gasteiger partial charge on any atom is -0.391 e. The van der Waals surface area contributed by atoms with E-state index in [-0.39, 0.29) is 6.10 Å². The molecule has 1 aliphatic heterocycles. The molecular formula is C10H18N2O. The fraction of sp³-hybridized carbons (Fsp3) is 0.800. The first kappa shape index (κ1) is 8.88. The third-order valence-electron chi connectivity index (χ3n) is 3.02. The van der Waals surface area contributed by atoms with Gasteiger partial charge in [0.25, 0.3) is 0 Å². The number of aliphatic hydroxyl groups excluding tert-OH is 1. The van der Waals surface area contributed by atoms with E-state index in [9.17, 15) is 5.11 Å². The van der Waals surface area contributed by atoms with Crippen LogP contribution in [0.1, 0.15) is 25.7 Å². The molecule has 2 rings (SSSR count). The van der Waals surface area contributed by atoms with Gasteiger partial charge in [0.2, 0.25) is 0 Å². The van der Waals surface area contributed by atoms with E-state index < -0.39 is 0 Å². The molecule has 1 saturated carbocycles. The number of hydrogen-bond donors (Lipinski definition) is 1. The van der Waals surface area contributed by atoms with Gasteiger partial charge in [0.05, 0.1) is 18.8 Å². The van der Waals surface area contributed by atoms with Gasteiger partial charge in [-0.3, -0.25) is 0 Å². The average Bonchev–Trinajstić information content (AvgIpc) is 2.53. The summed E-state index contributed by atoms with van der Waals surface area (Å²) in [5.41, 5.74) is 0. The maximum Gasteiger partial charge on any atom is 0.0894 e. The predicted molar refractivity (Wildman–Crippen MR) is 51.9 cm³/mol. The molecule has 3 nitrogen and oxygen atoms in total. The Morgan fingerprint density at radius 1 is 1.23 bits per heavy atom. The SMILES string of the molecule is CN1C=CN([C@H]2CCCC[C@@H]2O)C1. The Labute approximate surface area is 79.6 Å². The molecule has 0 unspecified atom stereocenters. The van der Waals surface area contributed by atoms with Gasteiger partial charge in [0, 0.05) is 19.4 Å². The summed E-state index contributed by atoms with van der Waals surface area (Å²) in [5.74, 6) is 0. The van der Waals surface area contributed by atoms with Crippen LogP contribution in [0.15, 0.2) is 12.4 Å². The van der Waals surface area contributed by atoms with E-state index >= 15 is 0 Å². The van der Waals surface area contributed by atoms with E-state index in [0.717, 1.165) is 19.5 Å². The van der Waals surface area contributed by atoms with Gasteiger partial charge in [-0.25, -0.2) is 0 Å². The first-order valence-electron chi connectivity index (χ1n) is 5.10. The zero-order valence-electron chi connectivity index (χ0n) is 8.19. The number of rotatable bonds is 1. The third-order valence-corrected chi connectivity index (χ3v) is 3.02. The van der Waals surface area contributed by atoms with Gasteiger partial charge in [-0.1, -0.05) is 12.8 Å². The van der Waals surface area contributed by atoms with Gasteiger partial charge in [0.15, 0.2) is 0 Å². The van der Waals surface area contributed by atoms with Crippen molar-refractivity contribution in [1.29, 1.82) is 0 Å². The molecule has 1 fully saturated rings. The number of aliphatic hydroxyl groups is 1. The summed E-state index contributed by atoms with van der Waals surface area (Å²) in [6, 6.07) is 0.356. The van der Waals surface area contributed by atoms with E-state index in [4.69, 9.17) is 0 Å². The van der Waals surface area contributed by atoms with Gasteiger partial charge >= 0.3 is 0 Å². The molecule has 1 N–H and O–H groups in total. The van der Waals surface area contributed by atoms with Crippen LogP contribution in [0.4, 0.5) is 0 Å². The van der Waals surface area contributed by atoms with Crippen molar-refractivity contribution >= 4 is 0 Å². The highest BCUT2D eigenvalue weighted by Gasteiger charge is 2.28. The molecular weight excluding hydrogens is 164 g/mol. The second kappa shape index (κ2) is 3.58. The average molecular weight is 182 g/mol. The molecule has 1 heterocycles. The summed E-state index contributed by atoms with van der Waals surface area (Å²) in [7, 11) is 2.06. The molecule has 2 aliphatic rings. The first-order chi connectivity index (χ1) is 6.27. The fourth-order valence-corrected chi connectivity index (χ4v) is 2.25. The van der Waals surface area contributed by atoms with Gasteiger partial charge in [-0.15, -0.1) is 0 Å². The highest BCUT2D eigenvalue weighted by atomic mass is 16.3. The Kier molecular flexibility index (Phi) is 2.44. The second-order valence-corrected chi connectivity index (χ2v) is 4.13. The van der Waals surface area contributed by atoms with Crippen LogP contribution in [0.5, 0.6) is 0 Å². The van der Waals surface area contributed by atoms with Gasteiger partial charge in [-0.05, 0) is 12.8 Å². The van der Waals surface area contributed by atoms with Crippen molar-refractivity contribution in [2.75, 3.05) is 13.7 Å². The quantitative estimate of drug-likeness (QED) is 0.654. The lowest BCUT2D eigenvalue weighted by atomic mass is 9.92. The molecule has 0 bridgehead atoms. The smallest absolute Gasteiger partial charge is 0.0894 e. The van der Waals surface area contributed by atoms with Gasteiger partial charge in [0.1, 0.15) is 0 Å². The molecule has 0 spiro atoms. The molecule has 1 aliphatic carbocycles. The minimum atomic E-state index is -0.120. The lowest BCUT2D eigenvalue weighted by Gasteiger charge is -2.35. The first-order valence-corrected chi connectivity index (χ1v) is 5.10. The van der Waals surface area contributed by atoms with Crippen molar-refractivity contribution in [1.82, 2.24) is 9.80 Å². The Bertz CT molecular complexity index is 205. The molecule has 0 amide bonds. The Morgan fingerprint density at radius 3 is 2.62 bits per heavy atom. The maximum absolute atomic E-state index is 9.82. The highest BCUT2D eigenvalue weighted by Crippen LogP contribution is 2.25. The molecule has 2 atom stereocenters. The lowest BCUT2D eigenvalue weighted by molar-refractivity contribution is 0.0360. The van der Waals surface area contributed by atoms with Crippen LogP contribution in [0.3, 0.4) is 0 Å². The van der Waals surface area contributed by atoms with Crippen LogP contribution in [0.25, 0.3) is 0 Å². The van der Waals surface area contributed by atoms with Crippen LogP contribution >= 0.6 is 0 Å². The molecule has 74 valence electrons. The van der Waals surface area contributed by atoms with Crippen molar-refractivity contribution in [3.63, 3.8) is 0 Å². The predicted octanol–water partition coefficient (Wildman–Crippen LogP) is 0.966. The van der Waals surface area contributed by atoms with E-state index in [1.165, 1.54) is 12.8 Å². The van der Waals surface area contributed by atoms with Crippen LogP contribution in [0, 0.1) is 0 Å². The summed E-state index contributed by atoms with van der Waals surface area (Å²) < 4.78 is 0. The van der Waals surface area contributed by atoms with E-state index in [1.54, 1.807) is 0 Å². The Morgan fingerprint density at radius 2 is 2.00 bits per heavy atom. The van der Waals surface area contributed by atoms with Crippen molar-refractivity contribution < 1.29 is 5.11 Å². The molecule has 13 heavy (non-hydrogen) atoms. The molecule has 0 aromatic carbocycles. The lowest BCUT2D eigenvalue weighted by Crippen LogP contribution is -2.43. The summed E-state index contributed by atoms with van der Waals surface area (Å²) in [4.78, 5) is 4.39. The van der Waals surface area contributed by atoms with E-state index in [2.05, 4.69) is 29.2 Å². The Hall–Kier alpha value is -0.700. The van der Waals surface area contributed by atoms with E-state index in [1.807, 2.05) is 0 Å². The maximum atomic E-state index is 9.82. The normalized spacial score (nSPS) is 34.3. The molecule has 0 aromatic rings. The fourth-order valence-electron chi connectivity index (χ4n) is 2.25. The highest BCUT2D eigenvalue weighted by molar-refractivity contribution is 4.95. The van der Waals surface area contributed by atoms with Crippen LogP contribution in [-0.4, -0.2) is 40.8 Å². The zero-order valence-corrected chi connectivity index (χ0v) is 8.19. The molecule has 3 heteroatoms. The molecule has 0 aromatic heterocycles. The second-order valence-electron chi connectivity index (χ2n) is 4.13. The summed E-state index contributed by atoms with van der Waals surface area (Å²) in [6.45, 7) is 0.932. The topological polar surface area (TPSA) is 26.7 Å². The van der Waals surface area contributed by atoms with Crippen molar-refractivity contribution in [2.24, 2.45) is 0 Å². The van der Waals surface area contributed by atoms with Crippen molar-refractivity contribution in [2.45, 2.75) is 37.8 Å². The van der Waals surface area contributed by atoms with Gasteiger partial charge < -0.3 is 14.9 Å². The van der Waals surface area contributed by atoms with Crippen LogP contribution in [-0.2, 0) is 0 Å². The third kappa shape index (κ3) is 1.80. The van der Waals surface area contributed by atoms with Crippen LogP contribution in [0.2, 0.25) is 0 Å². The summed E-state index contributed by atoms with van der Waals surface area (Å²) in [6.07, 6.45) is 8.60. The summed E-state index contributed by atoms with van der Waals surface area (Å²) in [5, 5.41) is 9.82.